The molecule has 0 bridgehead atoms. The smallest absolute Gasteiger partial charge is 0.157 e. The lowest BCUT2D eigenvalue weighted by Gasteiger charge is -2.25. The molecule has 1 aromatic rings. The molecule has 0 aromatic carbocycles. The molecule has 0 unspecified atom stereocenters. The molecule has 0 radical (unpaired) electrons. The van der Waals surface area contributed by atoms with Crippen molar-refractivity contribution in [2.24, 2.45) is 5.92 Å². The summed E-state index contributed by atoms with van der Waals surface area (Å²) in [5.74, 6) is 0.913. The normalized spacial score (nSPS) is 29.2. The first-order valence-corrected chi connectivity index (χ1v) is 4.64. The topological polar surface area (TPSA) is 47.8 Å². The van der Waals surface area contributed by atoms with Crippen molar-refractivity contribution in [1.29, 1.82) is 0 Å². The number of hydrogen-bond donors (Lipinski definition) is 0. The second-order valence-electron chi connectivity index (χ2n) is 3.74. The van der Waals surface area contributed by atoms with Crippen LogP contribution in [0.15, 0.2) is 12.7 Å². The van der Waals surface area contributed by atoms with Crippen molar-refractivity contribution in [2.45, 2.75) is 32.2 Å². The molecule has 1 aromatic heterocycles. The minimum absolute atomic E-state index is 0.0637. The van der Waals surface area contributed by atoms with E-state index in [1.54, 1.807) is 11.0 Å². The molecule has 1 saturated carbocycles. The monoisotopic (exact) mass is 179 g/mol. The van der Waals surface area contributed by atoms with Gasteiger partial charge in [-0.25, -0.2) is 9.67 Å². The zero-order valence-corrected chi connectivity index (χ0v) is 7.68. The Bertz CT molecular complexity index is 294. The fourth-order valence-electron chi connectivity index (χ4n) is 1.82. The van der Waals surface area contributed by atoms with Crippen LogP contribution in [-0.2, 0) is 4.79 Å². The lowest BCUT2D eigenvalue weighted by Crippen LogP contribution is -2.27. The quantitative estimate of drug-likeness (QED) is 0.651. The van der Waals surface area contributed by atoms with Crippen LogP contribution >= 0.6 is 0 Å². The van der Waals surface area contributed by atoms with Gasteiger partial charge in [0.05, 0.1) is 0 Å². The third-order valence-electron chi connectivity index (χ3n) is 2.64. The van der Waals surface area contributed by atoms with Gasteiger partial charge in [-0.1, -0.05) is 6.92 Å². The maximum atomic E-state index is 11.5. The molecule has 13 heavy (non-hydrogen) atoms. The third kappa shape index (κ3) is 1.61. The summed E-state index contributed by atoms with van der Waals surface area (Å²) in [6.45, 7) is 2.18. The Kier molecular flexibility index (Phi) is 2.12. The first-order valence-electron chi connectivity index (χ1n) is 4.64. The highest BCUT2D eigenvalue weighted by Crippen LogP contribution is 2.28. The fourth-order valence-corrected chi connectivity index (χ4v) is 1.82. The van der Waals surface area contributed by atoms with Crippen LogP contribution in [0.1, 0.15) is 32.2 Å². The van der Waals surface area contributed by atoms with Crippen LogP contribution < -0.4 is 0 Å². The second-order valence-corrected chi connectivity index (χ2v) is 3.74. The molecule has 1 aliphatic carbocycles. The Hall–Kier alpha value is -1.19. The van der Waals surface area contributed by atoms with Gasteiger partial charge in [0.15, 0.2) is 5.78 Å². The largest absolute Gasteiger partial charge is 0.297 e. The Labute approximate surface area is 77.0 Å². The van der Waals surface area contributed by atoms with Gasteiger partial charge < -0.3 is 0 Å². The van der Waals surface area contributed by atoms with Crippen molar-refractivity contribution in [1.82, 2.24) is 14.8 Å². The van der Waals surface area contributed by atoms with E-state index in [1.807, 2.05) is 0 Å². The highest BCUT2D eigenvalue weighted by molar-refractivity contribution is 5.83. The van der Waals surface area contributed by atoms with Gasteiger partial charge in [0.25, 0.3) is 0 Å². The zero-order valence-electron chi connectivity index (χ0n) is 7.68. The summed E-state index contributed by atoms with van der Waals surface area (Å²) in [5.41, 5.74) is 0. The lowest BCUT2D eigenvalue weighted by atomic mass is 9.86. The number of aromatic nitrogens is 3. The molecule has 70 valence electrons. The van der Waals surface area contributed by atoms with Crippen molar-refractivity contribution >= 4 is 5.78 Å². The highest BCUT2D eigenvalue weighted by atomic mass is 16.1. The molecule has 4 heteroatoms. The summed E-state index contributed by atoms with van der Waals surface area (Å²) >= 11 is 0. The molecule has 1 fully saturated rings. The summed E-state index contributed by atoms with van der Waals surface area (Å²) in [6.07, 6.45) is 5.71. The molecule has 0 amide bonds. The molecule has 1 aliphatic rings. The SMILES string of the molecule is C[C@H]1CCC(=O)[C@@H](n2cncn2)C1. The number of carbonyl (C=O) groups excluding carboxylic acids is 1. The number of hydrogen-bond acceptors (Lipinski definition) is 3. The molecular formula is C9H13N3O. The Balaban J connectivity index is 2.17. The van der Waals surface area contributed by atoms with Crippen molar-refractivity contribution < 1.29 is 4.79 Å². The number of Topliss-reactive ketones (excluding diaryl/α,β-unsaturated/α-hetero) is 1. The standard InChI is InChI=1S/C9H13N3O/c1-7-2-3-9(13)8(4-7)12-6-10-5-11-12/h5-8H,2-4H2,1H3/t7-,8-/m0/s1. The van der Waals surface area contributed by atoms with Gasteiger partial charge in [0.1, 0.15) is 18.7 Å². The predicted molar refractivity (Wildman–Crippen MR) is 47.1 cm³/mol. The van der Waals surface area contributed by atoms with E-state index in [-0.39, 0.29) is 6.04 Å². The van der Waals surface area contributed by atoms with Gasteiger partial charge >= 0.3 is 0 Å². The molecule has 0 saturated heterocycles. The summed E-state index contributed by atoms with van der Waals surface area (Å²) in [6, 6.07) is -0.0637. The predicted octanol–water partition coefficient (Wildman–Crippen LogP) is 1.21. The molecule has 1 heterocycles. The fraction of sp³-hybridized carbons (Fsp3) is 0.667. The van der Waals surface area contributed by atoms with E-state index in [4.69, 9.17) is 0 Å². The van der Waals surface area contributed by atoms with Crippen LogP contribution in [0, 0.1) is 5.92 Å². The van der Waals surface area contributed by atoms with E-state index in [0.29, 0.717) is 18.1 Å². The van der Waals surface area contributed by atoms with Gasteiger partial charge in [0, 0.05) is 6.42 Å². The molecular weight excluding hydrogens is 166 g/mol. The molecule has 0 spiro atoms. The zero-order chi connectivity index (χ0) is 9.26. The molecule has 4 nitrogen and oxygen atoms in total. The summed E-state index contributed by atoms with van der Waals surface area (Å²) in [4.78, 5) is 15.4. The molecule has 2 rings (SSSR count). The van der Waals surface area contributed by atoms with Gasteiger partial charge in [-0.05, 0) is 18.8 Å². The minimum atomic E-state index is -0.0637. The van der Waals surface area contributed by atoms with E-state index < -0.39 is 0 Å². The Morgan fingerprint density at radius 2 is 2.46 bits per heavy atom. The second kappa shape index (κ2) is 3.28. The van der Waals surface area contributed by atoms with Gasteiger partial charge in [0.2, 0.25) is 0 Å². The van der Waals surface area contributed by atoms with Crippen molar-refractivity contribution in [3.8, 4) is 0 Å². The van der Waals surface area contributed by atoms with Crippen molar-refractivity contribution in [3.05, 3.63) is 12.7 Å². The first kappa shape index (κ1) is 8.41. The lowest BCUT2D eigenvalue weighted by molar-refractivity contribution is -0.125. The van der Waals surface area contributed by atoms with Crippen molar-refractivity contribution in [2.75, 3.05) is 0 Å². The average molecular weight is 179 g/mol. The average Bonchev–Trinajstić information content (AvgIpc) is 2.61. The van der Waals surface area contributed by atoms with Gasteiger partial charge in [-0.15, -0.1) is 0 Å². The number of rotatable bonds is 1. The molecule has 0 aliphatic heterocycles. The summed E-state index contributed by atoms with van der Waals surface area (Å²) in [7, 11) is 0. The number of nitrogens with zero attached hydrogens (tertiary/aromatic N) is 3. The summed E-state index contributed by atoms with van der Waals surface area (Å²) in [5, 5.41) is 4.01. The molecule has 2 atom stereocenters. The van der Waals surface area contributed by atoms with E-state index in [2.05, 4.69) is 17.0 Å². The van der Waals surface area contributed by atoms with E-state index in [1.165, 1.54) is 6.33 Å². The maximum Gasteiger partial charge on any atom is 0.157 e. The van der Waals surface area contributed by atoms with Crippen LogP contribution in [-0.4, -0.2) is 20.5 Å². The van der Waals surface area contributed by atoms with Crippen LogP contribution in [0.25, 0.3) is 0 Å². The Morgan fingerprint density at radius 1 is 1.62 bits per heavy atom. The van der Waals surface area contributed by atoms with E-state index >= 15 is 0 Å². The number of ketones is 1. The van der Waals surface area contributed by atoms with Gasteiger partial charge in [-0.2, -0.15) is 5.10 Å². The molecule has 0 N–H and O–H groups in total. The third-order valence-corrected chi connectivity index (χ3v) is 2.64. The van der Waals surface area contributed by atoms with E-state index in [9.17, 15) is 4.79 Å². The first-order chi connectivity index (χ1) is 6.27. The number of carbonyl (C=O) groups is 1. The van der Waals surface area contributed by atoms with Crippen LogP contribution in [0.5, 0.6) is 0 Å². The summed E-state index contributed by atoms with van der Waals surface area (Å²) < 4.78 is 1.68. The highest BCUT2D eigenvalue weighted by Gasteiger charge is 2.27. The van der Waals surface area contributed by atoms with Crippen LogP contribution in [0.4, 0.5) is 0 Å². The van der Waals surface area contributed by atoms with Crippen molar-refractivity contribution in [3.63, 3.8) is 0 Å². The van der Waals surface area contributed by atoms with Gasteiger partial charge in [-0.3, -0.25) is 4.79 Å². The maximum absolute atomic E-state index is 11.5. The van der Waals surface area contributed by atoms with Crippen LogP contribution in [0.2, 0.25) is 0 Å². The van der Waals surface area contributed by atoms with E-state index in [0.717, 1.165) is 12.8 Å². The van der Waals surface area contributed by atoms with Crippen LogP contribution in [0.3, 0.4) is 0 Å². The minimum Gasteiger partial charge on any atom is -0.297 e. The Morgan fingerprint density at radius 3 is 3.15 bits per heavy atom.